The van der Waals surface area contributed by atoms with Crippen LogP contribution in [0.25, 0.3) is 6.08 Å². The molecule has 1 aromatic carbocycles. The van der Waals surface area contributed by atoms with E-state index < -0.39 is 0 Å². The SMILES string of the molecule is N#CC12CC1C=Cc1ccccc12. The van der Waals surface area contributed by atoms with Crippen molar-refractivity contribution >= 4 is 6.08 Å². The highest BCUT2D eigenvalue weighted by molar-refractivity contribution is 5.65. The van der Waals surface area contributed by atoms with Crippen LogP contribution in [-0.2, 0) is 5.41 Å². The number of allylic oxidation sites excluding steroid dienone is 1. The molecular weight excluding hydrogens is 158 g/mol. The fraction of sp³-hybridized carbons (Fsp3) is 0.250. The molecule has 62 valence electrons. The summed E-state index contributed by atoms with van der Waals surface area (Å²) in [5.74, 6) is 0.479. The van der Waals surface area contributed by atoms with Crippen molar-refractivity contribution in [1.82, 2.24) is 0 Å². The molecule has 1 saturated carbocycles. The maximum absolute atomic E-state index is 9.15. The normalized spacial score (nSPS) is 33.0. The molecule has 1 heteroatoms. The van der Waals surface area contributed by atoms with Crippen LogP contribution in [-0.4, -0.2) is 0 Å². The van der Waals surface area contributed by atoms with Crippen molar-refractivity contribution in [1.29, 1.82) is 5.26 Å². The number of nitrogens with zero attached hydrogens (tertiary/aromatic N) is 1. The van der Waals surface area contributed by atoms with Gasteiger partial charge in [-0.3, -0.25) is 0 Å². The molecule has 0 heterocycles. The highest BCUT2D eigenvalue weighted by Crippen LogP contribution is 2.57. The second-order valence-corrected chi connectivity index (χ2v) is 3.84. The van der Waals surface area contributed by atoms with Gasteiger partial charge in [-0.25, -0.2) is 0 Å². The first-order valence-electron chi connectivity index (χ1n) is 4.56. The second-order valence-electron chi connectivity index (χ2n) is 3.84. The Balaban J connectivity index is 2.28. The summed E-state index contributed by atoms with van der Waals surface area (Å²) in [6.45, 7) is 0. The van der Waals surface area contributed by atoms with Crippen molar-refractivity contribution in [2.45, 2.75) is 11.8 Å². The Labute approximate surface area is 77.3 Å². The van der Waals surface area contributed by atoms with Crippen molar-refractivity contribution in [3.63, 3.8) is 0 Å². The predicted molar refractivity (Wildman–Crippen MR) is 50.9 cm³/mol. The lowest BCUT2D eigenvalue weighted by Crippen LogP contribution is -2.10. The summed E-state index contributed by atoms with van der Waals surface area (Å²) in [4.78, 5) is 0. The summed E-state index contributed by atoms with van der Waals surface area (Å²) in [6, 6.07) is 10.7. The van der Waals surface area contributed by atoms with Crippen LogP contribution >= 0.6 is 0 Å². The van der Waals surface area contributed by atoms with Gasteiger partial charge < -0.3 is 0 Å². The Morgan fingerprint density at radius 3 is 3.08 bits per heavy atom. The first-order chi connectivity index (χ1) is 6.37. The van der Waals surface area contributed by atoms with Crippen LogP contribution < -0.4 is 0 Å². The Hall–Kier alpha value is -1.55. The fourth-order valence-electron chi connectivity index (χ4n) is 2.29. The summed E-state index contributed by atoms with van der Waals surface area (Å²) in [5, 5.41) is 9.15. The summed E-state index contributed by atoms with van der Waals surface area (Å²) < 4.78 is 0. The number of rotatable bonds is 0. The zero-order valence-electron chi connectivity index (χ0n) is 7.20. The van der Waals surface area contributed by atoms with E-state index in [1.54, 1.807) is 0 Å². The standard InChI is InChI=1S/C12H9N/c13-8-12-7-10(12)6-5-9-3-1-2-4-11(9)12/h1-6,10H,7H2. The number of nitriles is 1. The van der Waals surface area contributed by atoms with Gasteiger partial charge in [0.25, 0.3) is 0 Å². The molecule has 0 N–H and O–H groups in total. The third kappa shape index (κ3) is 0.709. The Morgan fingerprint density at radius 1 is 1.38 bits per heavy atom. The molecule has 0 saturated heterocycles. The maximum atomic E-state index is 9.15. The number of hydrogen-bond acceptors (Lipinski definition) is 1. The molecule has 1 nitrogen and oxygen atoms in total. The molecule has 2 atom stereocenters. The molecule has 2 aliphatic rings. The topological polar surface area (TPSA) is 23.8 Å². The molecule has 0 aromatic heterocycles. The first kappa shape index (κ1) is 6.91. The lowest BCUT2D eigenvalue weighted by atomic mass is 9.87. The molecule has 2 unspecified atom stereocenters. The maximum Gasteiger partial charge on any atom is 0.0897 e. The van der Waals surface area contributed by atoms with Gasteiger partial charge in [0.1, 0.15) is 0 Å². The lowest BCUT2D eigenvalue weighted by Gasteiger charge is -2.14. The third-order valence-electron chi connectivity index (χ3n) is 3.16. The van der Waals surface area contributed by atoms with Gasteiger partial charge in [0.05, 0.1) is 11.5 Å². The summed E-state index contributed by atoms with van der Waals surface area (Å²) >= 11 is 0. The number of hydrogen-bond donors (Lipinski definition) is 0. The fourth-order valence-corrected chi connectivity index (χ4v) is 2.29. The monoisotopic (exact) mass is 167 g/mol. The van der Waals surface area contributed by atoms with Crippen LogP contribution in [0.4, 0.5) is 0 Å². The van der Waals surface area contributed by atoms with Crippen molar-refractivity contribution in [3.05, 3.63) is 41.5 Å². The van der Waals surface area contributed by atoms with Gasteiger partial charge >= 0.3 is 0 Å². The molecule has 13 heavy (non-hydrogen) atoms. The third-order valence-corrected chi connectivity index (χ3v) is 3.16. The van der Waals surface area contributed by atoms with Crippen LogP contribution in [0, 0.1) is 17.2 Å². The Morgan fingerprint density at radius 2 is 2.23 bits per heavy atom. The van der Waals surface area contributed by atoms with Gasteiger partial charge in [-0.05, 0) is 17.5 Å². The summed E-state index contributed by atoms with van der Waals surface area (Å²) in [5.41, 5.74) is 2.29. The van der Waals surface area contributed by atoms with Gasteiger partial charge in [-0.1, -0.05) is 36.4 Å². The van der Waals surface area contributed by atoms with Crippen molar-refractivity contribution < 1.29 is 0 Å². The minimum absolute atomic E-state index is 0.161. The van der Waals surface area contributed by atoms with Gasteiger partial charge in [0.15, 0.2) is 0 Å². The molecule has 0 radical (unpaired) electrons. The minimum atomic E-state index is -0.161. The van der Waals surface area contributed by atoms with Crippen LogP contribution in [0.2, 0.25) is 0 Å². The molecule has 1 aromatic rings. The zero-order valence-corrected chi connectivity index (χ0v) is 7.20. The van der Waals surface area contributed by atoms with Gasteiger partial charge in [0, 0.05) is 5.92 Å². The van der Waals surface area contributed by atoms with Crippen molar-refractivity contribution in [3.8, 4) is 6.07 Å². The van der Waals surface area contributed by atoms with E-state index in [0.29, 0.717) is 5.92 Å². The number of benzene rings is 1. The largest absolute Gasteiger partial charge is 0.197 e. The average Bonchev–Trinajstić information content (AvgIpc) is 2.93. The molecule has 0 spiro atoms. The van der Waals surface area contributed by atoms with Crippen molar-refractivity contribution in [2.75, 3.05) is 0 Å². The van der Waals surface area contributed by atoms with E-state index >= 15 is 0 Å². The number of fused-ring (bicyclic) bond motifs is 3. The van der Waals surface area contributed by atoms with Crippen molar-refractivity contribution in [2.24, 2.45) is 5.92 Å². The second kappa shape index (κ2) is 2.03. The molecular formula is C12H9N. The first-order valence-corrected chi connectivity index (χ1v) is 4.56. The van der Waals surface area contributed by atoms with E-state index in [0.717, 1.165) is 6.42 Å². The van der Waals surface area contributed by atoms with E-state index in [1.807, 2.05) is 12.1 Å². The summed E-state index contributed by atoms with van der Waals surface area (Å²) in [7, 11) is 0. The minimum Gasteiger partial charge on any atom is -0.197 e. The van der Waals surface area contributed by atoms with E-state index in [2.05, 4.69) is 30.4 Å². The van der Waals surface area contributed by atoms with Gasteiger partial charge in [-0.2, -0.15) is 5.26 Å². The van der Waals surface area contributed by atoms with E-state index in [1.165, 1.54) is 11.1 Å². The molecule has 0 bridgehead atoms. The molecule has 3 rings (SSSR count). The average molecular weight is 167 g/mol. The highest BCUT2D eigenvalue weighted by atomic mass is 14.6. The van der Waals surface area contributed by atoms with Crippen LogP contribution in [0.3, 0.4) is 0 Å². The van der Waals surface area contributed by atoms with E-state index in [-0.39, 0.29) is 5.41 Å². The van der Waals surface area contributed by atoms with Gasteiger partial charge in [0.2, 0.25) is 0 Å². The van der Waals surface area contributed by atoms with Gasteiger partial charge in [-0.15, -0.1) is 0 Å². The zero-order chi connectivity index (χ0) is 8.89. The lowest BCUT2D eigenvalue weighted by molar-refractivity contribution is 0.831. The van der Waals surface area contributed by atoms with Crippen LogP contribution in [0.15, 0.2) is 30.3 Å². The highest BCUT2D eigenvalue weighted by Gasteiger charge is 2.56. The smallest absolute Gasteiger partial charge is 0.0897 e. The van der Waals surface area contributed by atoms with E-state index in [9.17, 15) is 0 Å². The molecule has 1 fully saturated rings. The van der Waals surface area contributed by atoms with Crippen LogP contribution in [0.1, 0.15) is 17.5 Å². The van der Waals surface area contributed by atoms with Crippen LogP contribution in [0.5, 0.6) is 0 Å². The quantitative estimate of drug-likeness (QED) is 0.582. The predicted octanol–water partition coefficient (Wildman–Crippen LogP) is 2.49. The van der Waals surface area contributed by atoms with E-state index in [4.69, 9.17) is 5.26 Å². The Kier molecular flexibility index (Phi) is 1.08. The molecule has 0 aliphatic heterocycles. The summed E-state index contributed by atoms with van der Waals surface area (Å²) in [6.07, 6.45) is 5.32. The Bertz CT molecular complexity index is 439. The molecule has 0 amide bonds. The molecule has 2 aliphatic carbocycles.